The van der Waals surface area contributed by atoms with E-state index in [2.05, 4.69) is 11.7 Å². The van der Waals surface area contributed by atoms with E-state index in [4.69, 9.17) is 4.74 Å². The monoisotopic (exact) mass is 452 g/mol. The normalized spacial score (nSPS) is 32.9. The standard InChI is InChI=1S/C26H35F3O3/c1-2-16-3-4-21-14-20(10-9-19(21)13-16)17-5-7-18(8-6-17)25(30)32-24-12-11-22(15-23(24)27)31-26(28)29/h11-12,15-21,26H,2-10,13-14H2,1H3. The Balaban J connectivity index is 1.25. The Labute approximate surface area is 189 Å². The van der Waals surface area contributed by atoms with Crippen molar-refractivity contribution in [3.8, 4) is 11.5 Å². The van der Waals surface area contributed by atoms with Crippen LogP contribution in [0.2, 0.25) is 0 Å². The highest BCUT2D eigenvalue weighted by Gasteiger charge is 2.39. The van der Waals surface area contributed by atoms with Gasteiger partial charge in [0.15, 0.2) is 11.6 Å². The minimum atomic E-state index is -3.03. The van der Waals surface area contributed by atoms with E-state index in [-0.39, 0.29) is 17.4 Å². The van der Waals surface area contributed by atoms with Gasteiger partial charge >= 0.3 is 12.6 Å². The van der Waals surface area contributed by atoms with Gasteiger partial charge in [-0.3, -0.25) is 4.79 Å². The van der Waals surface area contributed by atoms with Crippen molar-refractivity contribution >= 4 is 5.97 Å². The fourth-order valence-corrected chi connectivity index (χ4v) is 6.58. The summed E-state index contributed by atoms with van der Waals surface area (Å²) in [5.74, 6) is 2.19. The second-order valence-corrected chi connectivity index (χ2v) is 10.2. The molecule has 3 aliphatic carbocycles. The van der Waals surface area contributed by atoms with Crippen molar-refractivity contribution in [3.63, 3.8) is 0 Å². The minimum absolute atomic E-state index is 0.223. The fourth-order valence-electron chi connectivity index (χ4n) is 6.58. The molecule has 6 heteroatoms. The van der Waals surface area contributed by atoms with Crippen LogP contribution < -0.4 is 9.47 Å². The van der Waals surface area contributed by atoms with Crippen molar-refractivity contribution in [1.82, 2.24) is 0 Å². The van der Waals surface area contributed by atoms with Gasteiger partial charge in [0, 0.05) is 6.07 Å². The summed E-state index contributed by atoms with van der Waals surface area (Å²) in [4.78, 5) is 12.6. The summed E-state index contributed by atoms with van der Waals surface area (Å²) < 4.78 is 48.1. The number of hydrogen-bond donors (Lipinski definition) is 0. The average molecular weight is 453 g/mol. The smallest absolute Gasteiger partial charge is 0.387 e. The van der Waals surface area contributed by atoms with Gasteiger partial charge in [0.05, 0.1) is 5.92 Å². The molecule has 0 aromatic heterocycles. The molecule has 0 aliphatic heterocycles. The molecule has 1 aromatic carbocycles. The van der Waals surface area contributed by atoms with Gasteiger partial charge in [0.25, 0.3) is 0 Å². The molecule has 0 radical (unpaired) electrons. The summed E-state index contributed by atoms with van der Waals surface area (Å²) in [6, 6.07) is 3.16. The first-order chi connectivity index (χ1) is 15.4. The molecular weight excluding hydrogens is 417 g/mol. The molecule has 4 unspecified atom stereocenters. The van der Waals surface area contributed by atoms with E-state index in [1.807, 2.05) is 0 Å². The Bertz CT molecular complexity index is 776. The second-order valence-electron chi connectivity index (χ2n) is 10.2. The molecule has 32 heavy (non-hydrogen) atoms. The highest BCUT2D eigenvalue weighted by molar-refractivity contribution is 5.75. The van der Waals surface area contributed by atoms with Crippen LogP contribution in [0.25, 0.3) is 0 Å². The third kappa shape index (κ3) is 5.60. The number of rotatable bonds is 6. The minimum Gasteiger partial charge on any atom is -0.435 e. The van der Waals surface area contributed by atoms with Crippen molar-refractivity contribution in [2.75, 3.05) is 0 Å². The van der Waals surface area contributed by atoms with Crippen molar-refractivity contribution in [1.29, 1.82) is 0 Å². The molecule has 4 atom stereocenters. The Kier molecular flexibility index (Phi) is 7.67. The molecule has 3 nitrogen and oxygen atoms in total. The average Bonchev–Trinajstić information content (AvgIpc) is 2.79. The number of esters is 1. The highest BCUT2D eigenvalue weighted by Crippen LogP contribution is 2.49. The van der Waals surface area contributed by atoms with Gasteiger partial charge in [0.2, 0.25) is 0 Å². The number of halogens is 3. The van der Waals surface area contributed by atoms with Gasteiger partial charge in [-0.15, -0.1) is 0 Å². The second kappa shape index (κ2) is 10.5. The van der Waals surface area contributed by atoms with Crippen LogP contribution in [0, 0.1) is 41.3 Å². The van der Waals surface area contributed by atoms with Crippen LogP contribution in [0.3, 0.4) is 0 Å². The van der Waals surface area contributed by atoms with Crippen molar-refractivity contribution < 1.29 is 27.4 Å². The molecule has 0 heterocycles. The van der Waals surface area contributed by atoms with Gasteiger partial charge in [-0.25, -0.2) is 4.39 Å². The maximum atomic E-state index is 14.1. The number of carbonyl (C=O) groups is 1. The lowest BCUT2D eigenvalue weighted by Gasteiger charge is -2.45. The lowest BCUT2D eigenvalue weighted by Crippen LogP contribution is -2.35. The fraction of sp³-hybridized carbons (Fsp3) is 0.731. The van der Waals surface area contributed by atoms with Gasteiger partial charge in [0.1, 0.15) is 5.75 Å². The van der Waals surface area contributed by atoms with Gasteiger partial charge in [-0.05, 0) is 99.5 Å². The number of hydrogen-bond acceptors (Lipinski definition) is 3. The van der Waals surface area contributed by atoms with Crippen molar-refractivity contribution in [2.45, 2.75) is 84.2 Å². The van der Waals surface area contributed by atoms with Crippen LogP contribution in [0.1, 0.15) is 77.6 Å². The number of fused-ring (bicyclic) bond motifs is 1. The van der Waals surface area contributed by atoms with E-state index in [0.29, 0.717) is 5.92 Å². The summed E-state index contributed by atoms with van der Waals surface area (Å²) in [6.07, 6.45) is 13.2. The van der Waals surface area contributed by atoms with Crippen LogP contribution in [0.4, 0.5) is 13.2 Å². The van der Waals surface area contributed by atoms with E-state index in [1.54, 1.807) is 0 Å². The molecule has 1 aromatic rings. The van der Waals surface area contributed by atoms with Crippen molar-refractivity contribution in [2.24, 2.45) is 35.5 Å². The largest absolute Gasteiger partial charge is 0.435 e. The first-order valence-corrected chi connectivity index (χ1v) is 12.4. The lowest BCUT2D eigenvalue weighted by atomic mass is 9.61. The quantitative estimate of drug-likeness (QED) is 0.334. The predicted molar refractivity (Wildman–Crippen MR) is 116 cm³/mol. The van der Waals surface area contributed by atoms with Crippen LogP contribution in [0.15, 0.2) is 18.2 Å². The number of alkyl halides is 2. The van der Waals surface area contributed by atoms with Crippen LogP contribution >= 0.6 is 0 Å². The van der Waals surface area contributed by atoms with Crippen LogP contribution in [-0.4, -0.2) is 12.6 Å². The number of carbonyl (C=O) groups excluding carboxylic acids is 1. The first kappa shape index (κ1) is 23.4. The summed E-state index contributed by atoms with van der Waals surface area (Å²) >= 11 is 0. The summed E-state index contributed by atoms with van der Waals surface area (Å²) in [6.45, 7) is -0.704. The third-order valence-corrected chi connectivity index (χ3v) is 8.45. The zero-order valence-electron chi connectivity index (χ0n) is 18.9. The molecule has 0 bridgehead atoms. The van der Waals surface area contributed by atoms with Gasteiger partial charge in [-0.1, -0.05) is 19.8 Å². The third-order valence-electron chi connectivity index (χ3n) is 8.45. The van der Waals surface area contributed by atoms with Crippen LogP contribution in [-0.2, 0) is 4.79 Å². The Morgan fingerprint density at radius 2 is 1.56 bits per heavy atom. The molecule has 3 fully saturated rings. The number of ether oxygens (including phenoxy) is 2. The molecule has 0 saturated heterocycles. The molecule has 178 valence electrons. The maximum absolute atomic E-state index is 14.1. The Hall–Kier alpha value is -1.72. The van der Waals surface area contributed by atoms with E-state index < -0.39 is 18.4 Å². The van der Waals surface area contributed by atoms with Crippen LogP contribution in [0.5, 0.6) is 11.5 Å². The van der Waals surface area contributed by atoms with Crippen molar-refractivity contribution in [3.05, 3.63) is 24.0 Å². The zero-order chi connectivity index (χ0) is 22.7. The van der Waals surface area contributed by atoms with E-state index in [1.165, 1.54) is 57.1 Å². The molecule has 3 aliphatic rings. The Morgan fingerprint density at radius 1 is 0.938 bits per heavy atom. The first-order valence-electron chi connectivity index (χ1n) is 12.4. The molecule has 3 saturated carbocycles. The molecular formula is C26H35F3O3. The van der Waals surface area contributed by atoms with E-state index in [9.17, 15) is 18.0 Å². The molecule has 4 rings (SSSR count). The lowest BCUT2D eigenvalue weighted by molar-refractivity contribution is -0.140. The summed E-state index contributed by atoms with van der Waals surface area (Å²) in [5, 5.41) is 0. The molecule has 0 amide bonds. The van der Waals surface area contributed by atoms with E-state index in [0.717, 1.165) is 55.4 Å². The molecule has 0 spiro atoms. The SMILES string of the molecule is CCC1CCC2CC(C3CCC(C(=O)Oc4ccc(OC(F)F)cc4F)CC3)CCC2C1. The Morgan fingerprint density at radius 3 is 2.22 bits per heavy atom. The summed E-state index contributed by atoms with van der Waals surface area (Å²) in [5.41, 5.74) is 0. The van der Waals surface area contributed by atoms with Gasteiger partial charge in [-0.2, -0.15) is 8.78 Å². The van der Waals surface area contributed by atoms with Gasteiger partial charge < -0.3 is 9.47 Å². The predicted octanol–water partition coefficient (Wildman–Crippen LogP) is 7.38. The number of benzene rings is 1. The maximum Gasteiger partial charge on any atom is 0.387 e. The highest BCUT2D eigenvalue weighted by atomic mass is 19.3. The van der Waals surface area contributed by atoms with E-state index >= 15 is 0 Å². The zero-order valence-corrected chi connectivity index (χ0v) is 18.9. The molecule has 0 N–H and O–H groups in total. The topological polar surface area (TPSA) is 35.5 Å². The summed E-state index contributed by atoms with van der Waals surface area (Å²) in [7, 11) is 0.